The number of hydrogen-bond donors (Lipinski definition) is 3. The number of nitro benzene ring substituents is 1. The highest BCUT2D eigenvalue weighted by atomic mass is 32.2. The molecule has 0 saturated heterocycles. The molecule has 0 heterocycles. The number of nitrogens with zero attached hydrogens (tertiary/aromatic N) is 3. The van der Waals surface area contributed by atoms with Crippen molar-refractivity contribution in [2.24, 2.45) is 4.99 Å². The summed E-state index contributed by atoms with van der Waals surface area (Å²) in [5.41, 5.74) is 2.34. The SMILES string of the molecule is CCCCCN=C(NC#N)NS(=O)(=O)c1cc([N+](=O)[O-])ccc1Nc1cc(C)cc(C)c1. The summed E-state index contributed by atoms with van der Waals surface area (Å²) in [5.74, 6) is -0.243. The highest BCUT2D eigenvalue weighted by molar-refractivity contribution is 7.90. The summed E-state index contributed by atoms with van der Waals surface area (Å²) in [6.07, 6.45) is 4.24. The second-order valence-electron chi connectivity index (χ2n) is 7.22. The van der Waals surface area contributed by atoms with Crippen LogP contribution in [0.3, 0.4) is 0 Å². The Hall–Kier alpha value is -3.65. The van der Waals surface area contributed by atoms with E-state index in [0.29, 0.717) is 12.2 Å². The molecule has 0 spiro atoms. The zero-order valence-electron chi connectivity index (χ0n) is 18.2. The Kier molecular flexibility index (Phi) is 8.54. The van der Waals surface area contributed by atoms with Crippen molar-refractivity contribution in [3.63, 3.8) is 0 Å². The van der Waals surface area contributed by atoms with E-state index in [0.717, 1.165) is 36.5 Å². The van der Waals surface area contributed by atoms with Gasteiger partial charge in [0, 0.05) is 24.4 Å². The molecule has 0 fully saturated rings. The second-order valence-corrected chi connectivity index (χ2v) is 8.87. The van der Waals surface area contributed by atoms with Gasteiger partial charge in [-0.25, -0.2) is 13.1 Å². The monoisotopic (exact) mass is 458 g/mol. The first kappa shape index (κ1) is 24.6. The van der Waals surface area contributed by atoms with E-state index in [-0.39, 0.29) is 22.2 Å². The number of anilines is 2. The Morgan fingerprint density at radius 1 is 1.16 bits per heavy atom. The number of hydrogen-bond acceptors (Lipinski definition) is 7. The molecular weight excluding hydrogens is 432 g/mol. The fraction of sp³-hybridized carbons (Fsp3) is 0.333. The number of nitrogens with one attached hydrogen (secondary N) is 3. The average Bonchev–Trinajstić information content (AvgIpc) is 2.70. The van der Waals surface area contributed by atoms with Crippen molar-refractivity contribution < 1.29 is 13.3 Å². The van der Waals surface area contributed by atoms with Gasteiger partial charge in [0.15, 0.2) is 6.19 Å². The highest BCUT2D eigenvalue weighted by Gasteiger charge is 2.24. The molecule has 0 radical (unpaired) electrons. The van der Waals surface area contributed by atoms with Crippen LogP contribution in [0.25, 0.3) is 0 Å². The maximum absolute atomic E-state index is 13.1. The van der Waals surface area contributed by atoms with Gasteiger partial charge in [0.25, 0.3) is 15.7 Å². The van der Waals surface area contributed by atoms with Crippen LogP contribution in [0.15, 0.2) is 46.3 Å². The molecule has 10 nitrogen and oxygen atoms in total. The lowest BCUT2D eigenvalue weighted by Gasteiger charge is -2.15. The number of aryl methyl sites for hydroxylation is 2. The lowest BCUT2D eigenvalue weighted by atomic mass is 10.1. The van der Waals surface area contributed by atoms with Gasteiger partial charge in [0.1, 0.15) is 4.90 Å². The number of nitro groups is 1. The largest absolute Gasteiger partial charge is 0.354 e. The van der Waals surface area contributed by atoms with Crippen LogP contribution in [0.5, 0.6) is 0 Å². The molecule has 0 atom stereocenters. The number of rotatable bonds is 9. The second kappa shape index (κ2) is 11.1. The summed E-state index contributed by atoms with van der Waals surface area (Å²) in [5, 5.41) is 25.4. The molecular formula is C21H26N6O4S. The van der Waals surface area contributed by atoms with Crippen LogP contribution in [0, 0.1) is 35.4 Å². The molecule has 0 bridgehead atoms. The summed E-state index contributed by atoms with van der Waals surface area (Å²) < 4.78 is 28.5. The minimum atomic E-state index is -4.31. The number of aliphatic imine (C=N–C) groups is 1. The van der Waals surface area contributed by atoms with E-state index < -0.39 is 14.9 Å². The maximum Gasteiger partial charge on any atom is 0.270 e. The molecule has 0 aliphatic carbocycles. The van der Waals surface area contributed by atoms with Crippen LogP contribution in [0.4, 0.5) is 17.1 Å². The summed E-state index contributed by atoms with van der Waals surface area (Å²) in [4.78, 5) is 14.3. The first-order chi connectivity index (χ1) is 15.2. The predicted octanol–water partition coefficient (Wildman–Crippen LogP) is 3.85. The third-order valence-corrected chi connectivity index (χ3v) is 5.78. The minimum Gasteiger partial charge on any atom is -0.354 e. The number of non-ortho nitro benzene ring substituents is 1. The summed E-state index contributed by atoms with van der Waals surface area (Å²) in [7, 11) is -4.31. The van der Waals surface area contributed by atoms with E-state index in [1.54, 1.807) is 6.19 Å². The van der Waals surface area contributed by atoms with Gasteiger partial charge in [-0.3, -0.25) is 20.4 Å². The number of sulfonamides is 1. The van der Waals surface area contributed by atoms with Crippen LogP contribution in [-0.4, -0.2) is 25.8 Å². The molecule has 11 heteroatoms. The van der Waals surface area contributed by atoms with E-state index in [4.69, 9.17) is 5.26 Å². The van der Waals surface area contributed by atoms with Gasteiger partial charge in [0.05, 0.1) is 10.6 Å². The third-order valence-electron chi connectivity index (χ3n) is 4.40. The van der Waals surface area contributed by atoms with Crippen LogP contribution in [-0.2, 0) is 10.0 Å². The van der Waals surface area contributed by atoms with Crippen molar-refractivity contribution in [2.45, 2.75) is 44.9 Å². The van der Waals surface area contributed by atoms with E-state index >= 15 is 0 Å². The number of unbranched alkanes of at least 4 members (excludes halogenated alkanes) is 2. The Morgan fingerprint density at radius 3 is 2.44 bits per heavy atom. The van der Waals surface area contributed by atoms with Crippen LogP contribution >= 0.6 is 0 Å². The Bertz CT molecular complexity index is 1140. The van der Waals surface area contributed by atoms with Gasteiger partial charge in [0.2, 0.25) is 5.96 Å². The molecule has 0 aromatic heterocycles. The topological polar surface area (TPSA) is 150 Å². The van der Waals surface area contributed by atoms with Crippen molar-refractivity contribution in [1.29, 1.82) is 5.26 Å². The van der Waals surface area contributed by atoms with Gasteiger partial charge in [-0.1, -0.05) is 25.8 Å². The molecule has 0 unspecified atom stereocenters. The normalized spacial score (nSPS) is 11.5. The molecule has 2 rings (SSSR count). The quantitative estimate of drug-likeness (QED) is 0.0982. The Morgan fingerprint density at radius 2 is 1.84 bits per heavy atom. The third kappa shape index (κ3) is 6.95. The lowest BCUT2D eigenvalue weighted by molar-refractivity contribution is -0.385. The van der Waals surface area contributed by atoms with Crippen LogP contribution in [0.2, 0.25) is 0 Å². The van der Waals surface area contributed by atoms with Gasteiger partial charge in [-0.05, 0) is 49.6 Å². The smallest absolute Gasteiger partial charge is 0.270 e. The molecule has 2 aromatic rings. The summed E-state index contributed by atoms with van der Waals surface area (Å²) >= 11 is 0. The van der Waals surface area contributed by atoms with E-state index in [1.807, 2.05) is 39.0 Å². The molecule has 0 amide bonds. The van der Waals surface area contributed by atoms with E-state index in [1.165, 1.54) is 12.1 Å². The standard InChI is InChI=1S/C21H26N6O4S/c1-4-5-6-9-23-21(24-14-22)26-32(30,31)20-13-18(27(28)29)7-8-19(20)25-17-11-15(2)10-16(3)12-17/h7-8,10-13,25H,4-6,9H2,1-3H3,(H2,23,24,26). The highest BCUT2D eigenvalue weighted by Crippen LogP contribution is 2.29. The Balaban J connectivity index is 2.45. The predicted molar refractivity (Wildman–Crippen MR) is 123 cm³/mol. The maximum atomic E-state index is 13.1. The van der Waals surface area contributed by atoms with Gasteiger partial charge < -0.3 is 5.32 Å². The number of nitriles is 1. The van der Waals surface area contributed by atoms with Gasteiger partial charge in [-0.2, -0.15) is 5.26 Å². The Labute approximate surface area is 187 Å². The van der Waals surface area contributed by atoms with Crippen molar-refractivity contribution in [3.05, 3.63) is 57.6 Å². The fourth-order valence-electron chi connectivity index (χ4n) is 3.04. The number of guanidine groups is 1. The average molecular weight is 459 g/mol. The zero-order valence-corrected chi connectivity index (χ0v) is 19.0. The van der Waals surface area contributed by atoms with Gasteiger partial charge >= 0.3 is 0 Å². The summed E-state index contributed by atoms with van der Waals surface area (Å²) in [6, 6.07) is 9.15. The first-order valence-electron chi connectivity index (χ1n) is 10.0. The minimum absolute atomic E-state index is 0.149. The zero-order chi connectivity index (χ0) is 23.7. The molecule has 170 valence electrons. The molecule has 0 aliphatic rings. The lowest BCUT2D eigenvalue weighted by Crippen LogP contribution is -2.39. The van der Waals surface area contributed by atoms with Crippen LogP contribution < -0.4 is 15.4 Å². The van der Waals surface area contributed by atoms with E-state index in [9.17, 15) is 18.5 Å². The van der Waals surface area contributed by atoms with Gasteiger partial charge in [-0.15, -0.1) is 0 Å². The number of benzene rings is 2. The van der Waals surface area contributed by atoms with Crippen molar-refractivity contribution >= 4 is 33.0 Å². The molecule has 3 N–H and O–H groups in total. The first-order valence-corrected chi connectivity index (χ1v) is 11.5. The molecule has 32 heavy (non-hydrogen) atoms. The summed E-state index contributed by atoms with van der Waals surface area (Å²) in [6.45, 7) is 6.15. The molecule has 0 saturated carbocycles. The van der Waals surface area contributed by atoms with Crippen molar-refractivity contribution in [3.8, 4) is 6.19 Å². The fourth-order valence-corrected chi connectivity index (χ4v) is 4.20. The molecule has 2 aromatic carbocycles. The van der Waals surface area contributed by atoms with Crippen LogP contribution in [0.1, 0.15) is 37.3 Å². The van der Waals surface area contributed by atoms with Crippen molar-refractivity contribution in [1.82, 2.24) is 10.0 Å². The van der Waals surface area contributed by atoms with Crippen molar-refractivity contribution in [2.75, 3.05) is 11.9 Å². The van der Waals surface area contributed by atoms with E-state index in [2.05, 4.69) is 20.3 Å². The molecule has 0 aliphatic heterocycles.